The van der Waals surface area contributed by atoms with Gasteiger partial charge in [-0.2, -0.15) is 0 Å². The van der Waals surface area contributed by atoms with Crippen LogP contribution in [0, 0.1) is 19.8 Å². The second-order valence-electron chi connectivity index (χ2n) is 3.92. The van der Waals surface area contributed by atoms with Gasteiger partial charge in [0.05, 0.1) is 0 Å². The second-order valence-corrected chi connectivity index (χ2v) is 3.92. The summed E-state index contributed by atoms with van der Waals surface area (Å²) in [4.78, 5) is 11.7. The van der Waals surface area contributed by atoms with Crippen LogP contribution in [0.1, 0.15) is 28.8 Å². The molecule has 4 heteroatoms. The molecule has 0 radical (unpaired) electrons. The fourth-order valence-electron chi connectivity index (χ4n) is 1.30. The Bertz CT molecular complexity index is 344. The summed E-state index contributed by atoms with van der Waals surface area (Å²) in [7, 11) is 0. The molecule has 0 aliphatic carbocycles. The van der Waals surface area contributed by atoms with E-state index in [1.54, 1.807) is 0 Å². The molecule has 0 spiro atoms. The van der Waals surface area contributed by atoms with Gasteiger partial charge in [-0.3, -0.25) is 4.79 Å². The van der Waals surface area contributed by atoms with Gasteiger partial charge in [0, 0.05) is 12.1 Å². The highest BCUT2D eigenvalue weighted by Gasteiger charge is 2.14. The Balaban J connectivity index is 2.58. The van der Waals surface area contributed by atoms with Crippen molar-refractivity contribution in [2.24, 2.45) is 11.7 Å². The molecular formula is C11H18N2O2. The molecule has 0 saturated carbocycles. The molecule has 0 aliphatic heterocycles. The van der Waals surface area contributed by atoms with E-state index in [0.717, 1.165) is 11.3 Å². The summed E-state index contributed by atoms with van der Waals surface area (Å²) >= 11 is 0. The average Bonchev–Trinajstić information content (AvgIpc) is 2.53. The largest absolute Gasteiger partial charge is 0.456 e. The Hall–Kier alpha value is -1.29. The molecule has 0 bridgehead atoms. The molecule has 1 heterocycles. The maximum atomic E-state index is 11.7. The number of amides is 1. The van der Waals surface area contributed by atoms with Gasteiger partial charge in [-0.05, 0) is 32.4 Å². The lowest BCUT2D eigenvalue weighted by atomic mass is 10.2. The minimum Gasteiger partial charge on any atom is -0.456 e. The number of nitrogens with one attached hydrogen (secondary N) is 1. The first-order chi connectivity index (χ1) is 7.04. The highest BCUT2D eigenvalue weighted by Crippen LogP contribution is 2.13. The van der Waals surface area contributed by atoms with E-state index in [1.165, 1.54) is 0 Å². The Morgan fingerprint density at radius 3 is 2.73 bits per heavy atom. The molecule has 0 saturated heterocycles. The Labute approximate surface area is 89.8 Å². The van der Waals surface area contributed by atoms with E-state index in [1.807, 2.05) is 26.8 Å². The zero-order chi connectivity index (χ0) is 11.4. The molecule has 1 amide bonds. The van der Waals surface area contributed by atoms with Crippen LogP contribution >= 0.6 is 0 Å². The summed E-state index contributed by atoms with van der Waals surface area (Å²) in [6, 6.07) is 1.85. The third-order valence-corrected chi connectivity index (χ3v) is 2.26. The molecule has 0 aliphatic rings. The first kappa shape index (κ1) is 11.8. The predicted octanol–water partition coefficient (Wildman–Crippen LogP) is 1.22. The first-order valence-corrected chi connectivity index (χ1v) is 5.10. The number of hydrogen-bond acceptors (Lipinski definition) is 3. The lowest BCUT2D eigenvalue weighted by Crippen LogP contribution is -2.31. The fourth-order valence-corrected chi connectivity index (χ4v) is 1.30. The minimum absolute atomic E-state index is 0.166. The van der Waals surface area contributed by atoms with Crippen molar-refractivity contribution in [3.05, 3.63) is 23.2 Å². The van der Waals surface area contributed by atoms with Crippen LogP contribution < -0.4 is 11.1 Å². The van der Waals surface area contributed by atoms with Crippen molar-refractivity contribution >= 4 is 5.91 Å². The second kappa shape index (κ2) is 4.98. The molecule has 1 aromatic heterocycles. The lowest BCUT2D eigenvalue weighted by Gasteiger charge is -2.08. The van der Waals surface area contributed by atoms with E-state index >= 15 is 0 Å². The molecule has 1 rings (SSSR count). The zero-order valence-electron chi connectivity index (χ0n) is 9.46. The quantitative estimate of drug-likeness (QED) is 0.785. The van der Waals surface area contributed by atoms with Crippen molar-refractivity contribution in [2.45, 2.75) is 20.8 Å². The highest BCUT2D eigenvalue weighted by atomic mass is 16.3. The molecule has 1 unspecified atom stereocenters. The Morgan fingerprint density at radius 2 is 2.27 bits per heavy atom. The van der Waals surface area contributed by atoms with Crippen LogP contribution in [0.25, 0.3) is 0 Å². The third-order valence-electron chi connectivity index (χ3n) is 2.26. The molecule has 1 aromatic rings. The van der Waals surface area contributed by atoms with Gasteiger partial charge in [0.2, 0.25) is 0 Å². The van der Waals surface area contributed by atoms with E-state index in [4.69, 9.17) is 10.2 Å². The van der Waals surface area contributed by atoms with Gasteiger partial charge in [-0.15, -0.1) is 0 Å². The lowest BCUT2D eigenvalue weighted by molar-refractivity contribution is 0.0918. The maximum absolute atomic E-state index is 11.7. The van der Waals surface area contributed by atoms with Crippen LogP contribution in [0.4, 0.5) is 0 Å². The molecule has 3 N–H and O–H groups in total. The molecule has 15 heavy (non-hydrogen) atoms. The minimum atomic E-state index is -0.166. The summed E-state index contributed by atoms with van der Waals surface area (Å²) in [5.41, 5.74) is 6.32. The standard InChI is InChI=1S/C11H18N2O2/c1-7(5-12)6-13-11(14)10-8(2)4-9(3)15-10/h4,7H,5-6,12H2,1-3H3,(H,13,14). The fraction of sp³-hybridized carbons (Fsp3) is 0.545. The van der Waals surface area contributed by atoms with Crippen molar-refractivity contribution in [2.75, 3.05) is 13.1 Å². The van der Waals surface area contributed by atoms with Crippen LogP contribution in [0.5, 0.6) is 0 Å². The van der Waals surface area contributed by atoms with Gasteiger partial charge in [0.1, 0.15) is 5.76 Å². The number of aryl methyl sites for hydroxylation is 2. The van der Waals surface area contributed by atoms with Gasteiger partial charge >= 0.3 is 0 Å². The van der Waals surface area contributed by atoms with Gasteiger partial charge in [-0.1, -0.05) is 6.92 Å². The summed E-state index contributed by atoms with van der Waals surface area (Å²) in [6.07, 6.45) is 0. The van der Waals surface area contributed by atoms with E-state index in [-0.39, 0.29) is 11.8 Å². The third kappa shape index (κ3) is 3.09. The summed E-state index contributed by atoms with van der Waals surface area (Å²) in [6.45, 7) is 6.82. The van der Waals surface area contributed by atoms with Gasteiger partial charge in [0.25, 0.3) is 5.91 Å². The summed E-state index contributed by atoms with van der Waals surface area (Å²) in [5, 5.41) is 2.79. The van der Waals surface area contributed by atoms with E-state index in [0.29, 0.717) is 18.8 Å². The average molecular weight is 210 g/mol. The van der Waals surface area contributed by atoms with Crippen LogP contribution in [-0.4, -0.2) is 19.0 Å². The Morgan fingerprint density at radius 1 is 1.60 bits per heavy atom. The van der Waals surface area contributed by atoms with E-state index < -0.39 is 0 Å². The van der Waals surface area contributed by atoms with Gasteiger partial charge < -0.3 is 15.5 Å². The van der Waals surface area contributed by atoms with Crippen molar-refractivity contribution in [3.8, 4) is 0 Å². The molecule has 0 fully saturated rings. The summed E-state index contributed by atoms with van der Waals surface area (Å²) < 4.78 is 5.30. The van der Waals surface area contributed by atoms with Crippen LogP contribution in [0.15, 0.2) is 10.5 Å². The smallest absolute Gasteiger partial charge is 0.287 e. The number of carbonyl (C=O) groups excluding carboxylic acids is 1. The number of rotatable bonds is 4. The molecular weight excluding hydrogens is 192 g/mol. The molecule has 4 nitrogen and oxygen atoms in total. The van der Waals surface area contributed by atoms with Crippen molar-refractivity contribution in [3.63, 3.8) is 0 Å². The SMILES string of the molecule is Cc1cc(C)c(C(=O)NCC(C)CN)o1. The molecule has 1 atom stereocenters. The first-order valence-electron chi connectivity index (χ1n) is 5.10. The van der Waals surface area contributed by atoms with Gasteiger partial charge in [-0.25, -0.2) is 0 Å². The number of hydrogen-bond donors (Lipinski definition) is 2. The number of furan rings is 1. The van der Waals surface area contributed by atoms with Crippen LogP contribution in [0.2, 0.25) is 0 Å². The zero-order valence-corrected chi connectivity index (χ0v) is 9.46. The highest BCUT2D eigenvalue weighted by molar-refractivity contribution is 5.92. The molecule has 84 valence electrons. The van der Waals surface area contributed by atoms with Crippen LogP contribution in [-0.2, 0) is 0 Å². The van der Waals surface area contributed by atoms with Gasteiger partial charge in [0.15, 0.2) is 5.76 Å². The Kier molecular flexibility index (Phi) is 3.91. The number of carbonyl (C=O) groups is 1. The predicted molar refractivity (Wildman–Crippen MR) is 58.7 cm³/mol. The topological polar surface area (TPSA) is 68.3 Å². The monoisotopic (exact) mass is 210 g/mol. The normalized spacial score (nSPS) is 12.5. The van der Waals surface area contributed by atoms with Crippen LogP contribution in [0.3, 0.4) is 0 Å². The summed E-state index contributed by atoms with van der Waals surface area (Å²) in [5.74, 6) is 1.27. The van der Waals surface area contributed by atoms with Crippen molar-refractivity contribution in [1.29, 1.82) is 0 Å². The maximum Gasteiger partial charge on any atom is 0.287 e. The number of nitrogens with two attached hydrogens (primary N) is 1. The van der Waals surface area contributed by atoms with Crippen molar-refractivity contribution < 1.29 is 9.21 Å². The van der Waals surface area contributed by atoms with E-state index in [9.17, 15) is 4.79 Å². The molecule has 0 aromatic carbocycles. The van der Waals surface area contributed by atoms with Crippen molar-refractivity contribution in [1.82, 2.24) is 5.32 Å². The van der Waals surface area contributed by atoms with E-state index in [2.05, 4.69) is 5.32 Å².